The van der Waals surface area contributed by atoms with Crippen LogP contribution in [-0.2, 0) is 16.2 Å². The van der Waals surface area contributed by atoms with Gasteiger partial charge in [0.2, 0.25) is 0 Å². The number of hydrogen-bond acceptors (Lipinski definition) is 3. The molecule has 3 heterocycles. The highest BCUT2D eigenvalue weighted by molar-refractivity contribution is 7.00. The quantitative estimate of drug-likeness (QED) is 0.167. The number of nitrogens with zero attached hydrogens (tertiary/aromatic N) is 3. The average molecular weight is 732 g/mol. The smallest absolute Gasteiger partial charge is 0.252 e. The van der Waals surface area contributed by atoms with Gasteiger partial charge in [0.1, 0.15) is 0 Å². The zero-order chi connectivity index (χ0) is 38.8. The molecule has 3 nitrogen and oxygen atoms in total. The van der Waals surface area contributed by atoms with Crippen molar-refractivity contribution in [2.75, 3.05) is 14.7 Å². The maximum absolute atomic E-state index is 2.80. The summed E-state index contributed by atoms with van der Waals surface area (Å²) in [5.41, 5.74) is 18.8. The summed E-state index contributed by atoms with van der Waals surface area (Å²) < 4.78 is 0. The Labute approximate surface area is 335 Å². The van der Waals surface area contributed by atoms with Gasteiger partial charge in [-0.2, -0.15) is 0 Å². The Bertz CT molecular complexity index is 2430. The van der Waals surface area contributed by atoms with Gasteiger partial charge in [-0.05, 0) is 124 Å². The standard InChI is InChI=1S/C52H54BN3/c1-49(2,3)35-22-26-38(27-23-35)54(39-28-24-36(25-29-39)50(4,5)6)40-30-31-42-46(34-40)55(37-16-10-9-11-17-37)44-20-15-21-45-47(44)53(42)43-19-14-18-41-48(43)56(45)52(8)33-13-12-32-51(41,52)7/h9-11,14-31,34H,12-13,32-33H2,1-8H3. The van der Waals surface area contributed by atoms with Crippen LogP contribution in [0.15, 0.2) is 133 Å². The van der Waals surface area contributed by atoms with Gasteiger partial charge in [0, 0.05) is 50.9 Å². The van der Waals surface area contributed by atoms with E-state index >= 15 is 0 Å². The van der Waals surface area contributed by atoms with E-state index in [-0.39, 0.29) is 28.5 Å². The van der Waals surface area contributed by atoms with E-state index in [1.54, 1.807) is 5.56 Å². The molecule has 0 amide bonds. The Morgan fingerprint density at radius 2 is 1.14 bits per heavy atom. The van der Waals surface area contributed by atoms with E-state index in [9.17, 15) is 0 Å². The van der Waals surface area contributed by atoms with Crippen molar-refractivity contribution in [2.45, 2.75) is 103 Å². The first-order chi connectivity index (χ1) is 26.8. The van der Waals surface area contributed by atoms with Gasteiger partial charge < -0.3 is 14.7 Å². The Balaban J connectivity index is 1.21. The van der Waals surface area contributed by atoms with E-state index in [1.807, 2.05) is 0 Å². The SMILES string of the molecule is CC(C)(C)c1ccc(N(c2ccc(C(C)(C)C)cc2)c2ccc3c(c2)N(c2ccccc2)c2cccc4c2B3c2cccc3c2N4C2(C)CCCCC32C)cc1. The molecule has 10 rings (SSSR count). The lowest BCUT2D eigenvalue weighted by molar-refractivity contribution is 0.195. The molecule has 6 aromatic rings. The van der Waals surface area contributed by atoms with Crippen molar-refractivity contribution in [3.63, 3.8) is 0 Å². The van der Waals surface area contributed by atoms with Gasteiger partial charge in [0.05, 0.1) is 5.54 Å². The molecule has 4 aliphatic rings. The van der Waals surface area contributed by atoms with E-state index in [0.717, 1.165) is 17.1 Å². The number of fused-ring (bicyclic) bond motifs is 7. The van der Waals surface area contributed by atoms with E-state index in [1.165, 1.54) is 81.6 Å². The molecule has 0 bridgehead atoms. The Morgan fingerprint density at radius 3 is 1.79 bits per heavy atom. The van der Waals surface area contributed by atoms with E-state index in [4.69, 9.17) is 0 Å². The Hall–Kier alpha value is -5.22. The van der Waals surface area contributed by atoms with Gasteiger partial charge in [0.15, 0.2) is 0 Å². The molecule has 1 fully saturated rings. The molecule has 0 saturated heterocycles. The first kappa shape index (κ1) is 35.2. The van der Waals surface area contributed by atoms with Gasteiger partial charge in [-0.25, -0.2) is 0 Å². The maximum Gasteiger partial charge on any atom is 0.252 e. The number of para-hydroxylation sites is 2. The molecule has 1 saturated carbocycles. The predicted molar refractivity (Wildman–Crippen MR) is 241 cm³/mol. The molecule has 4 heteroatoms. The topological polar surface area (TPSA) is 9.72 Å². The molecule has 6 aromatic carbocycles. The van der Waals surface area contributed by atoms with Gasteiger partial charge in [-0.3, -0.25) is 0 Å². The Morgan fingerprint density at radius 1 is 0.554 bits per heavy atom. The summed E-state index contributed by atoms with van der Waals surface area (Å²) in [7, 11) is 0. The molecule has 56 heavy (non-hydrogen) atoms. The van der Waals surface area contributed by atoms with Crippen molar-refractivity contribution in [1.82, 2.24) is 0 Å². The number of anilines is 8. The summed E-state index contributed by atoms with van der Waals surface area (Å²) in [6.07, 6.45) is 5.01. The summed E-state index contributed by atoms with van der Waals surface area (Å²) in [4.78, 5) is 7.80. The van der Waals surface area contributed by atoms with Crippen molar-refractivity contribution < 1.29 is 0 Å². The molecular formula is C52H54BN3. The third kappa shape index (κ3) is 4.97. The van der Waals surface area contributed by atoms with Crippen molar-refractivity contribution >= 4 is 68.6 Å². The molecule has 2 atom stereocenters. The van der Waals surface area contributed by atoms with Crippen LogP contribution in [0, 0.1) is 0 Å². The molecule has 0 N–H and O–H groups in total. The molecule has 3 aliphatic heterocycles. The van der Waals surface area contributed by atoms with E-state index in [2.05, 4.69) is 204 Å². The monoisotopic (exact) mass is 731 g/mol. The van der Waals surface area contributed by atoms with Crippen molar-refractivity contribution in [3.8, 4) is 0 Å². The molecule has 280 valence electrons. The lowest BCUT2D eigenvalue weighted by Gasteiger charge is -2.52. The van der Waals surface area contributed by atoms with Crippen molar-refractivity contribution in [2.24, 2.45) is 0 Å². The van der Waals surface area contributed by atoms with Crippen LogP contribution in [0.5, 0.6) is 0 Å². The van der Waals surface area contributed by atoms with Gasteiger partial charge in [-0.1, -0.05) is 134 Å². The van der Waals surface area contributed by atoms with Crippen molar-refractivity contribution in [3.05, 3.63) is 150 Å². The lowest BCUT2D eigenvalue weighted by atomic mass is 9.33. The fraction of sp³-hybridized carbons (Fsp3) is 0.308. The van der Waals surface area contributed by atoms with Crippen molar-refractivity contribution in [1.29, 1.82) is 0 Å². The van der Waals surface area contributed by atoms with Gasteiger partial charge in [-0.15, -0.1) is 0 Å². The first-order valence-corrected chi connectivity index (χ1v) is 20.9. The average Bonchev–Trinajstić information content (AvgIpc) is 3.40. The molecule has 0 radical (unpaired) electrons. The van der Waals surface area contributed by atoms with E-state index in [0.29, 0.717) is 0 Å². The zero-order valence-corrected chi connectivity index (χ0v) is 34.4. The fourth-order valence-corrected chi connectivity index (χ4v) is 10.9. The minimum Gasteiger partial charge on any atom is -0.335 e. The van der Waals surface area contributed by atoms with E-state index < -0.39 is 0 Å². The summed E-state index contributed by atoms with van der Waals surface area (Å²) in [5.74, 6) is 0. The maximum atomic E-state index is 2.80. The fourth-order valence-electron chi connectivity index (χ4n) is 10.9. The normalized spacial score (nSPS) is 20.6. The highest BCUT2D eigenvalue weighted by Crippen LogP contribution is 2.61. The first-order valence-electron chi connectivity index (χ1n) is 20.9. The molecule has 0 spiro atoms. The molecular weight excluding hydrogens is 677 g/mol. The number of benzene rings is 6. The van der Waals surface area contributed by atoms with Crippen LogP contribution in [0.1, 0.15) is 97.8 Å². The second-order valence-electron chi connectivity index (χ2n) is 19.4. The second kappa shape index (κ2) is 12.1. The summed E-state index contributed by atoms with van der Waals surface area (Å²) >= 11 is 0. The predicted octanol–water partition coefficient (Wildman–Crippen LogP) is 12.1. The zero-order valence-electron chi connectivity index (χ0n) is 34.4. The number of hydrogen-bond donors (Lipinski definition) is 0. The highest BCUT2D eigenvalue weighted by Gasteiger charge is 2.61. The highest BCUT2D eigenvalue weighted by atomic mass is 15.3. The summed E-state index contributed by atoms with van der Waals surface area (Å²) in [6.45, 7) is 19.0. The Kier molecular flexibility index (Phi) is 7.64. The minimum atomic E-state index is 0.0249. The minimum absolute atomic E-state index is 0.0249. The summed E-state index contributed by atoms with van der Waals surface area (Å²) in [5, 5.41) is 0. The van der Waals surface area contributed by atoms with Crippen LogP contribution in [0.4, 0.5) is 45.5 Å². The largest absolute Gasteiger partial charge is 0.335 e. The van der Waals surface area contributed by atoms with Crippen LogP contribution in [0.2, 0.25) is 0 Å². The van der Waals surface area contributed by atoms with Crippen LogP contribution in [0.25, 0.3) is 0 Å². The van der Waals surface area contributed by atoms with Crippen LogP contribution >= 0.6 is 0 Å². The van der Waals surface area contributed by atoms with Crippen LogP contribution < -0.4 is 31.1 Å². The van der Waals surface area contributed by atoms with Gasteiger partial charge in [0.25, 0.3) is 6.71 Å². The second-order valence-corrected chi connectivity index (χ2v) is 19.4. The third-order valence-electron chi connectivity index (χ3n) is 14.1. The lowest BCUT2D eigenvalue weighted by Crippen LogP contribution is -2.64. The molecule has 0 aromatic heterocycles. The molecule has 1 aliphatic carbocycles. The summed E-state index contributed by atoms with van der Waals surface area (Å²) in [6, 6.07) is 51.1. The third-order valence-corrected chi connectivity index (χ3v) is 14.1. The van der Waals surface area contributed by atoms with Gasteiger partial charge >= 0.3 is 0 Å². The number of rotatable bonds is 4. The molecule has 2 unspecified atom stereocenters. The van der Waals surface area contributed by atoms with Crippen LogP contribution in [0.3, 0.4) is 0 Å². The van der Waals surface area contributed by atoms with Crippen LogP contribution in [-0.4, -0.2) is 12.3 Å².